The van der Waals surface area contributed by atoms with Crippen LogP contribution in [0, 0.1) is 5.82 Å². The van der Waals surface area contributed by atoms with Gasteiger partial charge in [0.15, 0.2) is 0 Å². The zero-order valence-corrected chi connectivity index (χ0v) is 7.95. The first kappa shape index (κ1) is 9.85. The maximum atomic E-state index is 13.0. The second kappa shape index (κ2) is 4.13. The number of hydrogen-bond acceptors (Lipinski definition) is 2. The van der Waals surface area contributed by atoms with Crippen LogP contribution in [0.1, 0.15) is 5.69 Å². The fraction of sp³-hybridized carbons (Fsp3) is 0. The second-order valence-corrected chi connectivity index (χ2v) is 3.11. The molecule has 0 atom stereocenters. The van der Waals surface area contributed by atoms with Crippen molar-refractivity contribution in [2.24, 2.45) is 0 Å². The summed E-state index contributed by atoms with van der Waals surface area (Å²) in [6.07, 6.45) is 3.33. The number of rotatable bonds is 2. The number of hydrogen-bond donors (Lipinski definition) is 1. The Kier molecular flexibility index (Phi) is 3.13. The number of carboxylic acid groups (broad SMARTS) is 1. The van der Waals surface area contributed by atoms with E-state index in [-0.39, 0.29) is 5.69 Å². The summed E-state index contributed by atoms with van der Waals surface area (Å²) in [4.78, 5) is 13.8. The number of carbonyl (C=O) groups is 1. The van der Waals surface area contributed by atoms with Crippen molar-refractivity contribution >= 4 is 28.0 Å². The predicted molar refractivity (Wildman–Crippen MR) is 48.6 cm³/mol. The van der Waals surface area contributed by atoms with Gasteiger partial charge >= 0.3 is 5.97 Å². The van der Waals surface area contributed by atoms with Gasteiger partial charge in [0.2, 0.25) is 0 Å². The summed E-state index contributed by atoms with van der Waals surface area (Å²) in [6, 6.07) is 1.22. The molecule has 0 saturated heterocycles. The van der Waals surface area contributed by atoms with Crippen LogP contribution in [-0.2, 0) is 4.79 Å². The maximum Gasteiger partial charge on any atom is 0.328 e. The monoisotopic (exact) mass is 245 g/mol. The standard InChI is InChI=1S/C8H5BrFNO2/c9-5-3-6(10)7(11-4-5)1-2-8(12)13/h1-4H,(H,12,13). The molecule has 0 aliphatic heterocycles. The molecule has 68 valence electrons. The van der Waals surface area contributed by atoms with Gasteiger partial charge in [-0.15, -0.1) is 0 Å². The first-order chi connectivity index (χ1) is 6.09. The van der Waals surface area contributed by atoms with Gasteiger partial charge in [-0.25, -0.2) is 9.18 Å². The maximum absolute atomic E-state index is 13.0. The Hall–Kier alpha value is -1.23. The van der Waals surface area contributed by atoms with Gasteiger partial charge in [0.1, 0.15) is 5.82 Å². The molecule has 0 bridgehead atoms. The van der Waals surface area contributed by atoms with Crippen LogP contribution < -0.4 is 0 Å². The van der Waals surface area contributed by atoms with E-state index in [4.69, 9.17) is 5.11 Å². The molecule has 0 amide bonds. The molecule has 1 heterocycles. The van der Waals surface area contributed by atoms with Gasteiger partial charge in [-0.2, -0.15) is 0 Å². The topological polar surface area (TPSA) is 50.2 Å². The van der Waals surface area contributed by atoms with Crippen molar-refractivity contribution in [1.82, 2.24) is 4.98 Å². The van der Waals surface area contributed by atoms with E-state index in [9.17, 15) is 9.18 Å². The molecule has 13 heavy (non-hydrogen) atoms. The van der Waals surface area contributed by atoms with Gasteiger partial charge in [0.25, 0.3) is 0 Å². The average Bonchev–Trinajstić information content (AvgIpc) is 2.02. The third-order valence-electron chi connectivity index (χ3n) is 1.22. The summed E-state index contributed by atoms with van der Waals surface area (Å²) in [5, 5.41) is 8.27. The molecule has 1 aromatic heterocycles. The number of halogens is 2. The minimum Gasteiger partial charge on any atom is -0.478 e. The van der Waals surface area contributed by atoms with E-state index < -0.39 is 11.8 Å². The summed E-state index contributed by atoms with van der Waals surface area (Å²) < 4.78 is 13.5. The van der Waals surface area contributed by atoms with Gasteiger partial charge in [-0.3, -0.25) is 4.98 Å². The molecular weight excluding hydrogens is 241 g/mol. The van der Waals surface area contributed by atoms with E-state index in [1.165, 1.54) is 12.3 Å². The highest BCUT2D eigenvalue weighted by molar-refractivity contribution is 9.10. The van der Waals surface area contributed by atoms with E-state index in [1.807, 2.05) is 0 Å². The Morgan fingerprint density at radius 2 is 2.38 bits per heavy atom. The van der Waals surface area contributed by atoms with E-state index >= 15 is 0 Å². The largest absolute Gasteiger partial charge is 0.478 e. The molecule has 3 nitrogen and oxygen atoms in total. The zero-order valence-electron chi connectivity index (χ0n) is 6.37. The van der Waals surface area contributed by atoms with Crippen LogP contribution in [0.15, 0.2) is 22.8 Å². The Bertz CT molecular complexity index is 365. The van der Waals surface area contributed by atoms with Crippen LogP contribution in [0.4, 0.5) is 4.39 Å². The van der Waals surface area contributed by atoms with Crippen LogP contribution in [0.2, 0.25) is 0 Å². The van der Waals surface area contributed by atoms with Crippen LogP contribution >= 0.6 is 15.9 Å². The number of aliphatic carboxylic acids is 1. The number of nitrogens with zero attached hydrogens (tertiary/aromatic N) is 1. The molecule has 1 N–H and O–H groups in total. The summed E-state index contributed by atoms with van der Waals surface area (Å²) in [6.45, 7) is 0. The fourth-order valence-corrected chi connectivity index (χ4v) is 1.00. The van der Waals surface area contributed by atoms with Crippen molar-refractivity contribution in [2.45, 2.75) is 0 Å². The van der Waals surface area contributed by atoms with Crippen LogP contribution in [-0.4, -0.2) is 16.1 Å². The lowest BCUT2D eigenvalue weighted by molar-refractivity contribution is -0.131. The molecular formula is C8H5BrFNO2. The molecule has 1 rings (SSSR count). The Morgan fingerprint density at radius 3 is 2.92 bits per heavy atom. The van der Waals surface area contributed by atoms with E-state index in [0.717, 1.165) is 12.2 Å². The zero-order chi connectivity index (χ0) is 9.84. The van der Waals surface area contributed by atoms with Crippen molar-refractivity contribution in [1.29, 1.82) is 0 Å². The minimum atomic E-state index is -1.14. The molecule has 0 spiro atoms. The minimum absolute atomic E-state index is 0.00519. The summed E-state index contributed by atoms with van der Waals surface area (Å²) in [5.74, 6) is -1.70. The van der Waals surface area contributed by atoms with Gasteiger partial charge in [-0.05, 0) is 28.1 Å². The lowest BCUT2D eigenvalue weighted by Crippen LogP contribution is -1.90. The molecule has 0 aliphatic carbocycles. The Balaban J connectivity index is 2.96. The summed E-state index contributed by atoms with van der Waals surface area (Å²) >= 11 is 3.03. The summed E-state index contributed by atoms with van der Waals surface area (Å²) in [5.41, 5.74) is 0.00519. The van der Waals surface area contributed by atoms with Gasteiger partial charge in [-0.1, -0.05) is 0 Å². The van der Waals surface area contributed by atoms with E-state index in [1.54, 1.807) is 0 Å². The highest BCUT2D eigenvalue weighted by Crippen LogP contribution is 2.13. The first-order valence-electron chi connectivity index (χ1n) is 3.31. The molecule has 5 heteroatoms. The van der Waals surface area contributed by atoms with Crippen molar-refractivity contribution in [3.05, 3.63) is 34.3 Å². The van der Waals surface area contributed by atoms with Gasteiger partial charge in [0, 0.05) is 16.7 Å². The number of aromatic nitrogens is 1. The van der Waals surface area contributed by atoms with Crippen LogP contribution in [0.3, 0.4) is 0 Å². The first-order valence-corrected chi connectivity index (χ1v) is 4.11. The van der Waals surface area contributed by atoms with E-state index in [0.29, 0.717) is 4.47 Å². The molecule has 1 aromatic rings. The molecule has 0 fully saturated rings. The van der Waals surface area contributed by atoms with Gasteiger partial charge < -0.3 is 5.11 Å². The van der Waals surface area contributed by atoms with Crippen molar-refractivity contribution in [2.75, 3.05) is 0 Å². The third-order valence-corrected chi connectivity index (χ3v) is 1.65. The molecule has 0 radical (unpaired) electrons. The Labute approximate surface area is 82.0 Å². The molecule has 0 aromatic carbocycles. The van der Waals surface area contributed by atoms with E-state index in [2.05, 4.69) is 20.9 Å². The number of carboxylic acids is 1. The molecule has 0 saturated carbocycles. The average molecular weight is 246 g/mol. The lowest BCUT2D eigenvalue weighted by atomic mass is 10.3. The van der Waals surface area contributed by atoms with Crippen LogP contribution in [0.5, 0.6) is 0 Å². The van der Waals surface area contributed by atoms with Crippen molar-refractivity contribution in [3.8, 4) is 0 Å². The van der Waals surface area contributed by atoms with Gasteiger partial charge in [0.05, 0.1) is 5.69 Å². The van der Waals surface area contributed by atoms with Crippen molar-refractivity contribution < 1.29 is 14.3 Å². The quantitative estimate of drug-likeness (QED) is 0.812. The SMILES string of the molecule is O=C(O)C=Cc1ncc(Br)cc1F. The molecule has 0 unspecified atom stereocenters. The smallest absolute Gasteiger partial charge is 0.328 e. The predicted octanol–water partition coefficient (Wildman–Crippen LogP) is 2.08. The normalized spacial score (nSPS) is 10.6. The highest BCUT2D eigenvalue weighted by Gasteiger charge is 2.00. The lowest BCUT2D eigenvalue weighted by Gasteiger charge is -1.95. The van der Waals surface area contributed by atoms with Crippen LogP contribution in [0.25, 0.3) is 6.08 Å². The third kappa shape index (κ3) is 2.95. The highest BCUT2D eigenvalue weighted by atomic mass is 79.9. The number of pyridine rings is 1. The summed E-state index contributed by atoms with van der Waals surface area (Å²) in [7, 11) is 0. The van der Waals surface area contributed by atoms with Crippen molar-refractivity contribution in [3.63, 3.8) is 0 Å². The Morgan fingerprint density at radius 1 is 1.69 bits per heavy atom. The second-order valence-electron chi connectivity index (χ2n) is 2.19. The molecule has 0 aliphatic rings. The fourth-order valence-electron chi connectivity index (χ4n) is 0.698.